The third-order valence-corrected chi connectivity index (χ3v) is 5.57. The van der Waals surface area contributed by atoms with Crippen molar-refractivity contribution in [3.8, 4) is 0 Å². The summed E-state index contributed by atoms with van der Waals surface area (Å²) in [5, 5.41) is 0. The number of likely N-dealkylation sites (tertiary alicyclic amines) is 1. The molecule has 3 heterocycles. The zero-order chi connectivity index (χ0) is 15.4. The van der Waals surface area contributed by atoms with Crippen LogP contribution in [0, 0.1) is 11.8 Å². The van der Waals surface area contributed by atoms with Gasteiger partial charge < -0.3 is 19.4 Å². The molecule has 5 heteroatoms. The van der Waals surface area contributed by atoms with E-state index in [4.69, 9.17) is 4.74 Å². The molecule has 22 heavy (non-hydrogen) atoms. The first kappa shape index (κ1) is 16.2. The Balaban J connectivity index is 1.35. The van der Waals surface area contributed by atoms with Crippen molar-refractivity contribution < 1.29 is 9.53 Å². The molecule has 3 aliphatic rings. The predicted molar refractivity (Wildman–Crippen MR) is 86.8 cm³/mol. The molecule has 1 atom stereocenters. The van der Waals surface area contributed by atoms with Crippen LogP contribution in [0.5, 0.6) is 0 Å². The van der Waals surface area contributed by atoms with Crippen LogP contribution in [0.3, 0.4) is 0 Å². The van der Waals surface area contributed by atoms with Gasteiger partial charge in [-0.15, -0.1) is 0 Å². The first-order valence-corrected chi connectivity index (χ1v) is 8.97. The smallest absolute Gasteiger partial charge is 0.222 e. The fraction of sp³-hybridized carbons (Fsp3) is 0.941. The van der Waals surface area contributed by atoms with E-state index in [1.165, 1.54) is 45.6 Å². The zero-order valence-corrected chi connectivity index (χ0v) is 14.0. The van der Waals surface area contributed by atoms with Crippen molar-refractivity contribution in [1.29, 1.82) is 0 Å². The molecule has 3 fully saturated rings. The molecule has 5 nitrogen and oxygen atoms in total. The summed E-state index contributed by atoms with van der Waals surface area (Å²) in [5.74, 6) is 1.60. The summed E-state index contributed by atoms with van der Waals surface area (Å²) < 4.78 is 5.37. The molecule has 3 rings (SSSR count). The fourth-order valence-corrected chi connectivity index (χ4v) is 3.88. The molecule has 3 aliphatic heterocycles. The quantitative estimate of drug-likeness (QED) is 0.773. The second-order valence-electron chi connectivity index (χ2n) is 7.36. The normalized spacial score (nSPS) is 29.1. The van der Waals surface area contributed by atoms with Crippen molar-refractivity contribution in [2.24, 2.45) is 11.8 Å². The predicted octanol–water partition coefficient (Wildman–Crippen LogP) is 0.899. The van der Waals surface area contributed by atoms with Crippen molar-refractivity contribution in [3.63, 3.8) is 0 Å². The monoisotopic (exact) mass is 309 g/mol. The molecule has 1 amide bonds. The minimum atomic E-state index is 0.355. The van der Waals surface area contributed by atoms with Gasteiger partial charge in [-0.25, -0.2) is 0 Å². The lowest BCUT2D eigenvalue weighted by molar-refractivity contribution is -0.133. The van der Waals surface area contributed by atoms with Gasteiger partial charge in [0.15, 0.2) is 0 Å². The summed E-state index contributed by atoms with van der Waals surface area (Å²) in [7, 11) is 2.21. The first-order valence-electron chi connectivity index (χ1n) is 8.97. The topological polar surface area (TPSA) is 36.0 Å². The number of hydrogen-bond acceptors (Lipinski definition) is 4. The molecule has 126 valence electrons. The van der Waals surface area contributed by atoms with Crippen LogP contribution in [0.4, 0.5) is 0 Å². The van der Waals surface area contributed by atoms with Gasteiger partial charge in [-0.1, -0.05) is 0 Å². The maximum atomic E-state index is 12.3. The molecule has 3 saturated heterocycles. The van der Waals surface area contributed by atoms with Gasteiger partial charge in [0.1, 0.15) is 0 Å². The van der Waals surface area contributed by atoms with E-state index in [0.29, 0.717) is 18.2 Å². The van der Waals surface area contributed by atoms with Crippen LogP contribution in [0.1, 0.15) is 25.7 Å². The molecule has 0 aromatic carbocycles. The van der Waals surface area contributed by atoms with Crippen LogP contribution < -0.4 is 0 Å². The highest BCUT2D eigenvalue weighted by atomic mass is 16.5. The maximum Gasteiger partial charge on any atom is 0.222 e. The van der Waals surface area contributed by atoms with Crippen LogP contribution in [0.2, 0.25) is 0 Å². The second-order valence-corrected chi connectivity index (χ2v) is 7.36. The van der Waals surface area contributed by atoms with Gasteiger partial charge >= 0.3 is 0 Å². The Hall–Kier alpha value is -0.650. The highest BCUT2D eigenvalue weighted by Gasteiger charge is 2.27. The van der Waals surface area contributed by atoms with Gasteiger partial charge in [0.2, 0.25) is 5.91 Å². The van der Waals surface area contributed by atoms with E-state index in [1.54, 1.807) is 0 Å². The van der Waals surface area contributed by atoms with E-state index in [-0.39, 0.29) is 0 Å². The Morgan fingerprint density at radius 3 is 2.36 bits per heavy atom. The van der Waals surface area contributed by atoms with Crippen molar-refractivity contribution in [1.82, 2.24) is 14.7 Å². The highest BCUT2D eigenvalue weighted by Crippen LogP contribution is 2.22. The van der Waals surface area contributed by atoms with Gasteiger partial charge in [0.05, 0.1) is 0 Å². The van der Waals surface area contributed by atoms with Crippen molar-refractivity contribution >= 4 is 5.91 Å². The van der Waals surface area contributed by atoms with Gasteiger partial charge in [-0.05, 0) is 38.1 Å². The molecule has 0 saturated carbocycles. The summed E-state index contributed by atoms with van der Waals surface area (Å²) in [6, 6.07) is 0. The molecule has 1 unspecified atom stereocenters. The molecular weight excluding hydrogens is 278 g/mol. The average Bonchev–Trinajstić information content (AvgIpc) is 3.03. The zero-order valence-electron chi connectivity index (χ0n) is 14.0. The van der Waals surface area contributed by atoms with E-state index in [9.17, 15) is 4.79 Å². The van der Waals surface area contributed by atoms with Gasteiger partial charge in [0.25, 0.3) is 0 Å². The van der Waals surface area contributed by atoms with E-state index in [2.05, 4.69) is 21.7 Å². The molecule has 0 spiro atoms. The molecular formula is C17H31N3O2. The van der Waals surface area contributed by atoms with Gasteiger partial charge in [-0.2, -0.15) is 0 Å². The number of carbonyl (C=O) groups excluding carboxylic acids is 1. The summed E-state index contributed by atoms with van der Waals surface area (Å²) in [6.45, 7) is 9.58. The van der Waals surface area contributed by atoms with E-state index >= 15 is 0 Å². The van der Waals surface area contributed by atoms with E-state index in [1.807, 2.05) is 0 Å². The number of rotatable bonds is 4. The largest absolute Gasteiger partial charge is 0.381 e. The van der Waals surface area contributed by atoms with E-state index < -0.39 is 0 Å². The molecule has 0 aliphatic carbocycles. The Morgan fingerprint density at radius 2 is 1.73 bits per heavy atom. The van der Waals surface area contributed by atoms with Crippen molar-refractivity contribution in [2.75, 3.05) is 66.1 Å². The molecule has 0 N–H and O–H groups in total. The minimum Gasteiger partial charge on any atom is -0.381 e. The molecule has 0 aromatic heterocycles. The lowest BCUT2D eigenvalue weighted by Gasteiger charge is -2.38. The number of ether oxygens (including phenoxy) is 1. The number of piperidine rings is 1. The van der Waals surface area contributed by atoms with Crippen molar-refractivity contribution in [3.05, 3.63) is 0 Å². The summed E-state index contributed by atoms with van der Waals surface area (Å²) in [6.07, 6.45) is 4.12. The summed E-state index contributed by atoms with van der Waals surface area (Å²) >= 11 is 0. The lowest BCUT2D eigenvalue weighted by Crippen LogP contribution is -2.48. The highest BCUT2D eigenvalue weighted by molar-refractivity contribution is 5.76. The Morgan fingerprint density at radius 1 is 1.00 bits per heavy atom. The SMILES string of the molecule is CN1CCN(CC2CCN(C(=O)CC3CCOC3)CC2)CC1. The molecule has 0 bridgehead atoms. The standard InChI is InChI=1S/C17H31N3O2/c1-18-7-9-19(10-8-18)13-15-2-5-20(6-3-15)17(21)12-16-4-11-22-14-16/h15-16H,2-14H2,1H3. The number of piperazine rings is 1. The van der Waals surface area contributed by atoms with Crippen LogP contribution in [-0.4, -0.2) is 86.7 Å². The third-order valence-electron chi connectivity index (χ3n) is 5.57. The van der Waals surface area contributed by atoms with E-state index in [0.717, 1.165) is 38.6 Å². The number of nitrogens with zero attached hydrogens (tertiary/aromatic N) is 3. The average molecular weight is 309 g/mol. The first-order chi connectivity index (χ1) is 10.7. The number of likely N-dealkylation sites (N-methyl/N-ethyl adjacent to an activating group) is 1. The van der Waals surface area contributed by atoms with Gasteiger partial charge in [-0.3, -0.25) is 4.79 Å². The number of hydrogen-bond donors (Lipinski definition) is 0. The second kappa shape index (κ2) is 7.75. The Kier molecular flexibility index (Phi) is 5.71. The van der Waals surface area contributed by atoms with Crippen LogP contribution >= 0.6 is 0 Å². The minimum absolute atomic E-state index is 0.355. The van der Waals surface area contributed by atoms with Crippen molar-refractivity contribution in [2.45, 2.75) is 25.7 Å². The lowest BCUT2D eigenvalue weighted by atomic mass is 9.95. The molecule has 0 radical (unpaired) electrons. The summed E-state index contributed by atoms with van der Waals surface area (Å²) in [5.41, 5.74) is 0. The number of amides is 1. The Labute approximate surface area is 134 Å². The van der Waals surface area contributed by atoms with Crippen LogP contribution in [-0.2, 0) is 9.53 Å². The third kappa shape index (κ3) is 4.43. The van der Waals surface area contributed by atoms with Crippen LogP contribution in [0.25, 0.3) is 0 Å². The van der Waals surface area contributed by atoms with Crippen LogP contribution in [0.15, 0.2) is 0 Å². The maximum absolute atomic E-state index is 12.3. The Bertz CT molecular complexity index is 355. The van der Waals surface area contributed by atoms with Gasteiger partial charge in [0, 0.05) is 65.4 Å². The number of carbonyl (C=O) groups is 1. The summed E-state index contributed by atoms with van der Waals surface area (Å²) in [4.78, 5) is 19.5. The fourth-order valence-electron chi connectivity index (χ4n) is 3.88. The molecule has 0 aromatic rings.